The number of ether oxygens (including phenoxy) is 2. The fraction of sp³-hybridized carbons (Fsp3) is 0.200. The Bertz CT molecular complexity index is 595. The molecule has 1 aliphatic carbocycles. The zero-order chi connectivity index (χ0) is 13.6. The van der Waals surface area contributed by atoms with E-state index in [9.17, 15) is 0 Å². The summed E-state index contributed by atoms with van der Waals surface area (Å²) in [6.07, 6.45) is 0. The lowest BCUT2D eigenvalue weighted by Crippen LogP contribution is -2.29. The van der Waals surface area contributed by atoms with Crippen molar-refractivity contribution in [2.24, 2.45) is 0 Å². The van der Waals surface area contributed by atoms with Crippen molar-refractivity contribution in [1.29, 1.82) is 0 Å². The maximum Gasteiger partial charge on any atom is 0.223 e. The van der Waals surface area contributed by atoms with Gasteiger partial charge in [0.15, 0.2) is 0 Å². The summed E-state index contributed by atoms with van der Waals surface area (Å²) in [5.74, 6) is -0.785. The standard InChI is InChI=1S/C15H12I2O2/c1-18-15(19-2)13-7-9(16)3-5-11(13)12-6-4-10(17)8-14(12)15/h3-8H,1-2H3. The highest BCUT2D eigenvalue weighted by Crippen LogP contribution is 2.50. The fourth-order valence-electron chi connectivity index (χ4n) is 2.72. The van der Waals surface area contributed by atoms with Crippen LogP contribution in [-0.2, 0) is 15.3 Å². The van der Waals surface area contributed by atoms with Crippen LogP contribution in [0.1, 0.15) is 11.1 Å². The van der Waals surface area contributed by atoms with Gasteiger partial charge in [-0.1, -0.05) is 12.1 Å². The lowest BCUT2D eigenvalue weighted by molar-refractivity contribution is -0.180. The van der Waals surface area contributed by atoms with Crippen molar-refractivity contribution in [2.75, 3.05) is 14.2 Å². The molecule has 0 atom stereocenters. The highest BCUT2D eigenvalue weighted by atomic mass is 127. The molecule has 0 aliphatic heterocycles. The Morgan fingerprint density at radius 3 is 1.58 bits per heavy atom. The van der Waals surface area contributed by atoms with Crippen LogP contribution in [0.4, 0.5) is 0 Å². The number of methoxy groups -OCH3 is 2. The first-order chi connectivity index (χ1) is 9.12. The molecule has 0 bridgehead atoms. The van der Waals surface area contributed by atoms with Crippen LogP contribution in [-0.4, -0.2) is 14.2 Å². The number of benzene rings is 2. The van der Waals surface area contributed by atoms with Crippen molar-refractivity contribution in [3.8, 4) is 11.1 Å². The molecule has 0 amide bonds. The van der Waals surface area contributed by atoms with E-state index in [0.717, 1.165) is 11.1 Å². The molecule has 2 nitrogen and oxygen atoms in total. The second-order valence-corrected chi connectivity index (χ2v) is 6.90. The Hall–Kier alpha value is -0.180. The van der Waals surface area contributed by atoms with Gasteiger partial charge >= 0.3 is 0 Å². The lowest BCUT2D eigenvalue weighted by atomic mass is 10.0. The van der Waals surface area contributed by atoms with Gasteiger partial charge in [0.1, 0.15) is 0 Å². The smallest absolute Gasteiger partial charge is 0.223 e. The van der Waals surface area contributed by atoms with E-state index in [1.54, 1.807) is 14.2 Å². The zero-order valence-corrected chi connectivity index (χ0v) is 14.9. The minimum absolute atomic E-state index is 0.785. The molecule has 0 N–H and O–H groups in total. The Morgan fingerprint density at radius 1 is 0.789 bits per heavy atom. The summed E-state index contributed by atoms with van der Waals surface area (Å²) in [6, 6.07) is 12.8. The Balaban J connectivity index is 2.38. The van der Waals surface area contributed by atoms with Gasteiger partial charge in [-0.25, -0.2) is 0 Å². The second-order valence-electron chi connectivity index (χ2n) is 4.40. The first-order valence-electron chi connectivity index (χ1n) is 5.83. The van der Waals surface area contributed by atoms with Crippen LogP contribution in [0, 0.1) is 7.14 Å². The summed E-state index contributed by atoms with van der Waals surface area (Å²) in [5, 5.41) is 0. The Labute approximate surface area is 139 Å². The van der Waals surface area contributed by atoms with Crippen molar-refractivity contribution < 1.29 is 9.47 Å². The van der Waals surface area contributed by atoms with Crippen molar-refractivity contribution in [1.82, 2.24) is 0 Å². The summed E-state index contributed by atoms with van der Waals surface area (Å²) in [7, 11) is 3.39. The third-order valence-electron chi connectivity index (χ3n) is 3.54. The summed E-state index contributed by atoms with van der Waals surface area (Å²) in [5.41, 5.74) is 4.55. The Kier molecular flexibility index (Phi) is 3.61. The number of hydrogen-bond acceptors (Lipinski definition) is 2. The van der Waals surface area contributed by atoms with Crippen LogP contribution >= 0.6 is 45.2 Å². The molecule has 0 heterocycles. The minimum Gasteiger partial charge on any atom is -0.346 e. The maximum absolute atomic E-state index is 5.78. The van der Waals surface area contributed by atoms with E-state index in [1.165, 1.54) is 18.3 Å². The van der Waals surface area contributed by atoms with Crippen LogP contribution in [0.15, 0.2) is 36.4 Å². The molecule has 0 radical (unpaired) electrons. The Morgan fingerprint density at radius 2 is 1.21 bits per heavy atom. The van der Waals surface area contributed by atoms with E-state index in [4.69, 9.17) is 9.47 Å². The molecule has 2 aromatic rings. The number of fused-ring (bicyclic) bond motifs is 3. The molecule has 0 spiro atoms. The highest BCUT2D eigenvalue weighted by Gasteiger charge is 2.44. The molecule has 4 heteroatoms. The second kappa shape index (κ2) is 4.98. The lowest BCUT2D eigenvalue weighted by Gasteiger charge is -2.28. The zero-order valence-electron chi connectivity index (χ0n) is 10.5. The number of rotatable bonds is 2. The van der Waals surface area contributed by atoms with Gasteiger partial charge in [-0.2, -0.15) is 0 Å². The highest BCUT2D eigenvalue weighted by molar-refractivity contribution is 14.1. The monoisotopic (exact) mass is 478 g/mol. The molecule has 0 unspecified atom stereocenters. The van der Waals surface area contributed by atoms with E-state index < -0.39 is 5.79 Å². The van der Waals surface area contributed by atoms with Gasteiger partial charge < -0.3 is 9.47 Å². The van der Waals surface area contributed by atoms with Gasteiger partial charge in [0.25, 0.3) is 0 Å². The third-order valence-corrected chi connectivity index (χ3v) is 4.88. The van der Waals surface area contributed by atoms with Gasteiger partial charge in [-0.3, -0.25) is 0 Å². The van der Waals surface area contributed by atoms with Gasteiger partial charge in [-0.05, 0) is 80.6 Å². The summed E-state index contributed by atoms with van der Waals surface area (Å²) in [6.45, 7) is 0. The summed E-state index contributed by atoms with van der Waals surface area (Å²) < 4.78 is 13.9. The third kappa shape index (κ3) is 1.95. The molecular weight excluding hydrogens is 466 g/mol. The molecular formula is C15H12I2O2. The maximum atomic E-state index is 5.78. The van der Waals surface area contributed by atoms with Crippen LogP contribution in [0.5, 0.6) is 0 Å². The number of halogens is 2. The predicted octanol–water partition coefficient (Wildman–Crippen LogP) is 4.37. The van der Waals surface area contributed by atoms with Crippen molar-refractivity contribution in [2.45, 2.75) is 5.79 Å². The molecule has 1 aliphatic rings. The topological polar surface area (TPSA) is 18.5 Å². The van der Waals surface area contributed by atoms with E-state index in [0.29, 0.717) is 0 Å². The minimum atomic E-state index is -0.785. The van der Waals surface area contributed by atoms with Crippen LogP contribution < -0.4 is 0 Å². The van der Waals surface area contributed by atoms with Gasteiger partial charge in [0.05, 0.1) is 0 Å². The molecule has 19 heavy (non-hydrogen) atoms. The molecule has 98 valence electrons. The fourth-order valence-corrected chi connectivity index (χ4v) is 3.70. The molecule has 0 aromatic heterocycles. The van der Waals surface area contributed by atoms with Crippen LogP contribution in [0.25, 0.3) is 11.1 Å². The van der Waals surface area contributed by atoms with Crippen LogP contribution in [0.3, 0.4) is 0 Å². The first kappa shape index (κ1) is 13.8. The summed E-state index contributed by atoms with van der Waals surface area (Å²) in [4.78, 5) is 0. The van der Waals surface area contributed by atoms with E-state index in [-0.39, 0.29) is 0 Å². The van der Waals surface area contributed by atoms with Crippen molar-refractivity contribution in [3.05, 3.63) is 54.7 Å². The predicted molar refractivity (Wildman–Crippen MR) is 92.1 cm³/mol. The van der Waals surface area contributed by atoms with Gasteiger partial charge in [-0.15, -0.1) is 0 Å². The largest absolute Gasteiger partial charge is 0.346 e. The van der Waals surface area contributed by atoms with Crippen LogP contribution in [0.2, 0.25) is 0 Å². The average Bonchev–Trinajstić information content (AvgIpc) is 2.67. The van der Waals surface area contributed by atoms with E-state index >= 15 is 0 Å². The van der Waals surface area contributed by atoms with Gasteiger partial charge in [0.2, 0.25) is 5.79 Å². The molecule has 3 rings (SSSR count). The SMILES string of the molecule is COC1(OC)c2cc(I)ccc2-c2ccc(I)cc21. The molecule has 0 fully saturated rings. The summed E-state index contributed by atoms with van der Waals surface area (Å²) >= 11 is 4.63. The van der Waals surface area contributed by atoms with E-state index in [1.807, 2.05) is 0 Å². The number of hydrogen-bond donors (Lipinski definition) is 0. The van der Waals surface area contributed by atoms with Crippen molar-refractivity contribution in [3.63, 3.8) is 0 Å². The van der Waals surface area contributed by atoms with Gasteiger partial charge in [0, 0.05) is 32.5 Å². The molecule has 0 saturated heterocycles. The normalized spacial score (nSPS) is 15.2. The molecule has 2 aromatic carbocycles. The quantitative estimate of drug-likeness (QED) is 0.472. The van der Waals surface area contributed by atoms with Crippen molar-refractivity contribution >= 4 is 45.2 Å². The first-order valence-corrected chi connectivity index (χ1v) is 7.99. The van der Waals surface area contributed by atoms with E-state index in [2.05, 4.69) is 81.6 Å². The molecule has 0 saturated carbocycles. The average molecular weight is 478 g/mol.